The van der Waals surface area contributed by atoms with Gasteiger partial charge in [-0.05, 0) is 113 Å². The van der Waals surface area contributed by atoms with E-state index in [0.29, 0.717) is 0 Å². The van der Waals surface area contributed by atoms with Crippen LogP contribution in [0, 0.1) is 0 Å². The van der Waals surface area contributed by atoms with Crippen LogP contribution in [0.2, 0.25) is 0 Å². The Morgan fingerprint density at radius 1 is 0.316 bits per heavy atom. The van der Waals surface area contributed by atoms with Crippen LogP contribution in [0.4, 0.5) is 0 Å². The van der Waals surface area contributed by atoms with Crippen LogP contribution in [0.3, 0.4) is 0 Å². The van der Waals surface area contributed by atoms with Crippen molar-refractivity contribution < 1.29 is 8.83 Å². The second-order valence-corrected chi connectivity index (χ2v) is 22.1. The molecule has 6 heteroatoms. The minimum atomic E-state index is 0.909. The first kappa shape index (κ1) is 43.2. The molecular weight excluding hydrogens is 1030 g/mol. The number of hydrogen-bond donors (Lipinski definition) is 0. The van der Waals surface area contributed by atoms with Crippen molar-refractivity contribution in [3.05, 3.63) is 258 Å². The molecule has 368 valence electrons. The number of benzene rings is 12. The van der Waals surface area contributed by atoms with Gasteiger partial charge in [-0.2, -0.15) is 0 Å². The second kappa shape index (κ2) is 16.1. The lowest BCUT2D eigenvalue weighted by molar-refractivity contribution is 0.668. The first-order chi connectivity index (χ1) is 39.1. The van der Waals surface area contributed by atoms with E-state index in [9.17, 15) is 0 Å². The monoisotopic (exact) mass is 1070 g/mol. The molecule has 12 aromatic carbocycles. The third-order valence-corrected chi connectivity index (χ3v) is 17.6. The van der Waals surface area contributed by atoms with Crippen LogP contribution in [0.25, 0.3) is 159 Å². The predicted molar refractivity (Wildman–Crippen MR) is 332 cm³/mol. The van der Waals surface area contributed by atoms with Crippen LogP contribution in [0.5, 0.6) is 0 Å². The van der Waals surface area contributed by atoms with E-state index in [1.165, 1.54) is 132 Å². The molecular formula is C73H42BrN3O2. The number of fused-ring (bicyclic) bond motifs is 16. The third kappa shape index (κ3) is 5.93. The second-order valence-electron chi connectivity index (χ2n) is 21.2. The van der Waals surface area contributed by atoms with E-state index in [4.69, 9.17) is 8.83 Å². The van der Waals surface area contributed by atoms with Gasteiger partial charge in [-0.25, -0.2) is 0 Å². The van der Waals surface area contributed by atoms with Crippen LogP contribution < -0.4 is 0 Å². The summed E-state index contributed by atoms with van der Waals surface area (Å²) in [5.41, 5.74) is 23.4. The summed E-state index contributed by atoms with van der Waals surface area (Å²) in [6, 6.07) is 87.2. The maximum atomic E-state index is 6.30. The molecule has 0 fully saturated rings. The molecule has 2 aliphatic rings. The summed E-state index contributed by atoms with van der Waals surface area (Å²) in [5, 5.41) is 15.0. The summed E-state index contributed by atoms with van der Waals surface area (Å²) in [7, 11) is 0. The lowest BCUT2D eigenvalue weighted by Gasteiger charge is -2.12. The summed E-state index contributed by atoms with van der Waals surface area (Å²) in [5.74, 6) is 0. The molecule has 0 unspecified atom stereocenters. The van der Waals surface area contributed by atoms with Gasteiger partial charge < -0.3 is 22.4 Å². The lowest BCUT2D eigenvalue weighted by atomic mass is 9.93. The summed E-state index contributed by atoms with van der Waals surface area (Å²) in [6.07, 6.45) is 1.04. The first-order valence-electron chi connectivity index (χ1n) is 27.0. The molecule has 20 rings (SSSR count). The van der Waals surface area contributed by atoms with Gasteiger partial charge in [0.05, 0.1) is 44.3 Å². The zero-order chi connectivity index (χ0) is 51.6. The highest BCUT2D eigenvalue weighted by Gasteiger charge is 2.31. The Bertz CT molecular complexity index is 5630. The van der Waals surface area contributed by atoms with E-state index in [-0.39, 0.29) is 0 Å². The Kier molecular flexibility index (Phi) is 8.81. The summed E-state index contributed by atoms with van der Waals surface area (Å²) >= 11 is 3.43. The number of para-hydroxylation sites is 6. The summed E-state index contributed by atoms with van der Waals surface area (Å²) in [6.45, 7) is 0. The normalized spacial score (nSPS) is 12.6. The number of furan rings is 2. The van der Waals surface area contributed by atoms with Gasteiger partial charge in [-0.15, -0.1) is 0 Å². The molecule has 79 heavy (non-hydrogen) atoms. The van der Waals surface area contributed by atoms with Crippen LogP contribution in [0.1, 0.15) is 11.1 Å². The van der Waals surface area contributed by atoms with Gasteiger partial charge in [0.25, 0.3) is 0 Å². The van der Waals surface area contributed by atoms with Crippen molar-refractivity contribution in [2.45, 2.75) is 6.42 Å². The number of halogens is 1. The molecule has 18 aromatic rings. The van der Waals surface area contributed by atoms with Crippen molar-refractivity contribution in [1.82, 2.24) is 13.5 Å². The van der Waals surface area contributed by atoms with Crippen LogP contribution in [0.15, 0.2) is 256 Å². The van der Waals surface area contributed by atoms with E-state index in [1.807, 2.05) is 42.5 Å². The minimum absolute atomic E-state index is 0.909. The fourth-order valence-electron chi connectivity index (χ4n) is 14.0. The minimum Gasteiger partial charge on any atom is -0.456 e. The topological polar surface area (TPSA) is 40.5 Å². The highest BCUT2D eigenvalue weighted by atomic mass is 79.9. The van der Waals surface area contributed by atoms with Gasteiger partial charge in [0.15, 0.2) is 0 Å². The van der Waals surface area contributed by atoms with Gasteiger partial charge in [0.2, 0.25) is 0 Å². The van der Waals surface area contributed by atoms with Crippen molar-refractivity contribution in [2.75, 3.05) is 0 Å². The molecule has 0 saturated carbocycles. The Morgan fingerprint density at radius 2 is 0.823 bits per heavy atom. The Hall–Kier alpha value is -9.88. The molecule has 0 amide bonds. The molecule has 0 spiro atoms. The van der Waals surface area contributed by atoms with E-state index in [1.54, 1.807) is 0 Å². The molecule has 0 bridgehead atoms. The highest BCUT2D eigenvalue weighted by molar-refractivity contribution is 9.10. The summed E-state index contributed by atoms with van der Waals surface area (Å²) in [4.78, 5) is 0. The van der Waals surface area contributed by atoms with Crippen molar-refractivity contribution >= 4 is 142 Å². The number of rotatable bonds is 1. The molecule has 0 radical (unpaired) electrons. The molecule has 1 aliphatic heterocycles. The molecule has 6 aromatic heterocycles. The zero-order valence-electron chi connectivity index (χ0n) is 42.3. The molecule has 0 N–H and O–H groups in total. The molecule has 7 heterocycles. The SMILES string of the molecule is Brc1ccc2c(c1)oc1ccccc12.c1cc2c3c(c1)-c1cccc4c5ccccc5n(c14)-c1cccc(c1-3)C2.c1ccc2c(c1)oc1cc(-n3c4cccc5c6cccc7c8ccccc8n(c8cccc3c8c54)c67)ccc12. The molecule has 1 aliphatic carbocycles. The van der Waals surface area contributed by atoms with Crippen LogP contribution >= 0.6 is 15.9 Å². The Labute approximate surface area is 459 Å². The molecule has 0 atom stereocenters. The highest BCUT2D eigenvalue weighted by Crippen LogP contribution is 2.52. The number of nitrogens with zero attached hydrogens (tertiary/aromatic N) is 3. The quantitative estimate of drug-likeness (QED) is 0.164. The van der Waals surface area contributed by atoms with E-state index >= 15 is 0 Å². The Balaban J connectivity index is 0.000000104. The smallest absolute Gasteiger partial charge is 0.137 e. The lowest BCUT2D eigenvalue weighted by Crippen LogP contribution is -1.96. The van der Waals surface area contributed by atoms with E-state index in [2.05, 4.69) is 230 Å². The van der Waals surface area contributed by atoms with Gasteiger partial charge >= 0.3 is 0 Å². The maximum absolute atomic E-state index is 6.30. The third-order valence-electron chi connectivity index (χ3n) is 17.1. The Morgan fingerprint density at radius 3 is 1.61 bits per heavy atom. The fraction of sp³-hybridized carbons (Fsp3) is 0.0137. The first-order valence-corrected chi connectivity index (χ1v) is 27.8. The zero-order valence-corrected chi connectivity index (χ0v) is 43.9. The average Bonchev–Trinajstić information content (AvgIpc) is 3.91. The number of aromatic nitrogens is 3. The van der Waals surface area contributed by atoms with Crippen molar-refractivity contribution in [3.63, 3.8) is 0 Å². The van der Waals surface area contributed by atoms with Gasteiger partial charge in [-0.1, -0.05) is 174 Å². The largest absolute Gasteiger partial charge is 0.456 e. The van der Waals surface area contributed by atoms with Crippen molar-refractivity contribution in [3.8, 4) is 33.6 Å². The molecule has 0 saturated heterocycles. The van der Waals surface area contributed by atoms with Gasteiger partial charge in [0.1, 0.15) is 22.3 Å². The van der Waals surface area contributed by atoms with Gasteiger partial charge in [-0.3, -0.25) is 0 Å². The van der Waals surface area contributed by atoms with Crippen LogP contribution in [-0.2, 0) is 6.42 Å². The standard InChI is InChI=1S/C36H20N2O.C25H15N.C12H7BrO/c1-3-13-28-22(8-1)26-11-5-12-27-25-10-6-14-29-34(25)35-30(15-7-16-31(35)38(28)36(26)27)37(29)21-18-19-24-23-9-2-4-17-32(23)39-33(24)20-21;1-2-12-21-17(8-1)19-10-5-11-20-18-9-3-6-15-14-16-7-4-13-22(24(16)23(15)18)26(21)25(19)20;13-8-5-6-10-9-3-1-2-4-11(9)14-12(10)7-8/h1-20H;1-13H,14H2;1-7H. The predicted octanol–water partition coefficient (Wildman–Crippen LogP) is 20.5. The summed E-state index contributed by atoms with van der Waals surface area (Å²) < 4.78 is 20.4. The molecule has 5 nitrogen and oxygen atoms in total. The van der Waals surface area contributed by atoms with E-state index in [0.717, 1.165) is 49.7 Å². The van der Waals surface area contributed by atoms with Crippen molar-refractivity contribution in [2.24, 2.45) is 0 Å². The van der Waals surface area contributed by atoms with Crippen LogP contribution in [-0.4, -0.2) is 13.5 Å². The average molecular weight is 1070 g/mol. The number of hydrogen-bond acceptors (Lipinski definition) is 2. The van der Waals surface area contributed by atoms with Crippen molar-refractivity contribution in [1.29, 1.82) is 0 Å². The van der Waals surface area contributed by atoms with E-state index < -0.39 is 0 Å². The van der Waals surface area contributed by atoms with Gasteiger partial charge in [0, 0.05) is 86.6 Å². The fourth-order valence-corrected chi connectivity index (χ4v) is 14.3. The maximum Gasteiger partial charge on any atom is 0.137 e.